The number of hydrogen-bond donors (Lipinski definition) is 0. The molecule has 0 bridgehead atoms. The van der Waals surface area contributed by atoms with Crippen LogP contribution in [0.3, 0.4) is 0 Å². The first-order chi connectivity index (χ1) is 8.56. The van der Waals surface area contributed by atoms with Gasteiger partial charge in [-0.2, -0.15) is 4.98 Å². The third kappa shape index (κ3) is 3.46. The van der Waals surface area contributed by atoms with Gasteiger partial charge in [0, 0.05) is 13.6 Å². The van der Waals surface area contributed by atoms with E-state index in [4.69, 9.17) is 23.2 Å². The highest BCUT2D eigenvalue weighted by Gasteiger charge is 2.20. The zero-order valence-corrected chi connectivity index (χ0v) is 12.2. The zero-order chi connectivity index (χ0) is 13.1. The van der Waals surface area contributed by atoms with Gasteiger partial charge in [-0.15, -0.1) is 0 Å². The quantitative estimate of drug-likeness (QED) is 0.801. The Balaban J connectivity index is 1.98. The largest absolute Gasteiger partial charge is 0.358 e. The van der Waals surface area contributed by atoms with Gasteiger partial charge in [0.05, 0.1) is 6.20 Å². The van der Waals surface area contributed by atoms with Crippen LogP contribution < -0.4 is 4.90 Å². The summed E-state index contributed by atoms with van der Waals surface area (Å²) in [5.74, 6) is 1.41. The van der Waals surface area contributed by atoms with Gasteiger partial charge in [-0.25, -0.2) is 4.98 Å². The van der Waals surface area contributed by atoms with Crippen molar-refractivity contribution >= 4 is 29.0 Å². The van der Waals surface area contributed by atoms with Crippen LogP contribution in [-0.2, 0) is 0 Å². The van der Waals surface area contributed by atoms with E-state index in [2.05, 4.69) is 26.8 Å². The lowest BCUT2D eigenvalue weighted by atomic mass is 9.97. The third-order valence-electron chi connectivity index (χ3n) is 3.43. The highest BCUT2D eigenvalue weighted by molar-refractivity contribution is 6.33. The van der Waals surface area contributed by atoms with Crippen LogP contribution in [0.2, 0.25) is 10.3 Å². The van der Waals surface area contributed by atoms with Gasteiger partial charge in [-0.1, -0.05) is 11.6 Å². The van der Waals surface area contributed by atoms with Gasteiger partial charge in [0.15, 0.2) is 5.82 Å². The maximum absolute atomic E-state index is 6.10. The van der Waals surface area contributed by atoms with E-state index < -0.39 is 0 Å². The molecule has 1 fully saturated rings. The zero-order valence-electron chi connectivity index (χ0n) is 10.7. The average molecular weight is 289 g/mol. The molecule has 0 atom stereocenters. The van der Waals surface area contributed by atoms with Crippen LogP contribution in [0.4, 0.5) is 5.82 Å². The molecule has 1 aliphatic heterocycles. The summed E-state index contributed by atoms with van der Waals surface area (Å²) < 4.78 is 0. The van der Waals surface area contributed by atoms with Crippen molar-refractivity contribution in [2.24, 2.45) is 5.92 Å². The van der Waals surface area contributed by atoms with E-state index in [0.29, 0.717) is 10.9 Å². The first kappa shape index (κ1) is 13.8. The van der Waals surface area contributed by atoms with E-state index in [1.165, 1.54) is 12.8 Å². The number of aromatic nitrogens is 2. The first-order valence-corrected chi connectivity index (χ1v) is 6.89. The molecule has 4 nitrogen and oxygen atoms in total. The Labute approximate surface area is 118 Å². The summed E-state index contributed by atoms with van der Waals surface area (Å²) in [5.41, 5.74) is 0. The Morgan fingerprint density at radius 2 is 2.06 bits per heavy atom. The smallest absolute Gasteiger partial charge is 0.224 e. The van der Waals surface area contributed by atoms with Crippen molar-refractivity contribution in [1.29, 1.82) is 0 Å². The fourth-order valence-corrected chi connectivity index (χ4v) is 2.69. The summed E-state index contributed by atoms with van der Waals surface area (Å²) in [6.07, 6.45) is 3.99. The predicted molar refractivity (Wildman–Crippen MR) is 75.5 cm³/mol. The Kier molecular flexibility index (Phi) is 4.65. The second kappa shape index (κ2) is 6.04. The molecule has 1 saturated heterocycles. The van der Waals surface area contributed by atoms with E-state index in [0.717, 1.165) is 25.5 Å². The minimum Gasteiger partial charge on any atom is -0.358 e. The molecule has 0 N–H and O–H groups in total. The summed E-state index contributed by atoms with van der Waals surface area (Å²) in [5, 5.41) is 0.791. The molecule has 2 heterocycles. The van der Waals surface area contributed by atoms with Crippen molar-refractivity contribution in [2.75, 3.05) is 38.6 Å². The van der Waals surface area contributed by atoms with Crippen LogP contribution in [0.15, 0.2) is 6.20 Å². The number of likely N-dealkylation sites (tertiary alicyclic amines) is 1. The Bertz CT molecular complexity index is 405. The van der Waals surface area contributed by atoms with Crippen LogP contribution in [-0.4, -0.2) is 48.6 Å². The number of halogens is 2. The summed E-state index contributed by atoms with van der Waals surface area (Å²) in [4.78, 5) is 12.5. The van der Waals surface area contributed by atoms with Crippen molar-refractivity contribution in [3.8, 4) is 0 Å². The molecular formula is C12H18Cl2N4. The molecule has 0 spiro atoms. The summed E-state index contributed by atoms with van der Waals surface area (Å²) in [6.45, 7) is 3.29. The van der Waals surface area contributed by atoms with Crippen LogP contribution >= 0.6 is 23.2 Å². The fraction of sp³-hybridized carbons (Fsp3) is 0.667. The van der Waals surface area contributed by atoms with Gasteiger partial charge >= 0.3 is 0 Å². The summed E-state index contributed by atoms with van der Waals surface area (Å²) in [7, 11) is 4.17. The van der Waals surface area contributed by atoms with E-state index in [9.17, 15) is 0 Å². The van der Waals surface area contributed by atoms with Gasteiger partial charge in [0.2, 0.25) is 5.28 Å². The van der Waals surface area contributed by atoms with Gasteiger partial charge in [-0.05, 0) is 50.5 Å². The lowest BCUT2D eigenvalue weighted by molar-refractivity contribution is 0.222. The van der Waals surface area contributed by atoms with Crippen LogP contribution in [0.25, 0.3) is 0 Å². The maximum Gasteiger partial charge on any atom is 0.224 e. The number of piperidine rings is 1. The van der Waals surface area contributed by atoms with Gasteiger partial charge < -0.3 is 9.80 Å². The van der Waals surface area contributed by atoms with Crippen molar-refractivity contribution in [1.82, 2.24) is 14.9 Å². The molecule has 0 unspecified atom stereocenters. The number of anilines is 1. The summed E-state index contributed by atoms with van der Waals surface area (Å²) >= 11 is 11.9. The molecule has 18 heavy (non-hydrogen) atoms. The molecule has 0 aromatic carbocycles. The molecule has 1 aromatic rings. The normalized spacial score (nSPS) is 18.0. The van der Waals surface area contributed by atoms with Crippen molar-refractivity contribution in [2.45, 2.75) is 12.8 Å². The lowest BCUT2D eigenvalue weighted by Gasteiger charge is -2.32. The monoisotopic (exact) mass is 288 g/mol. The van der Waals surface area contributed by atoms with E-state index in [1.807, 2.05) is 7.05 Å². The van der Waals surface area contributed by atoms with Crippen LogP contribution in [0.5, 0.6) is 0 Å². The number of nitrogens with zero attached hydrogens (tertiary/aromatic N) is 4. The molecule has 100 valence electrons. The molecule has 0 radical (unpaired) electrons. The standard InChI is InChI=1S/C12H18Cl2N4/c1-17-5-3-9(4-6-17)8-18(2)11-10(13)7-15-12(14)16-11/h7,9H,3-6,8H2,1-2H3. The molecule has 2 rings (SSSR count). The Hall–Kier alpha value is -0.580. The first-order valence-electron chi connectivity index (χ1n) is 6.14. The molecular weight excluding hydrogens is 271 g/mol. The fourth-order valence-electron chi connectivity index (χ4n) is 2.32. The van der Waals surface area contributed by atoms with E-state index >= 15 is 0 Å². The van der Waals surface area contributed by atoms with Crippen molar-refractivity contribution < 1.29 is 0 Å². The predicted octanol–water partition coefficient (Wildman–Crippen LogP) is 2.56. The second-order valence-corrected chi connectivity index (χ2v) is 5.68. The minimum atomic E-state index is 0.240. The van der Waals surface area contributed by atoms with Gasteiger partial charge in [-0.3, -0.25) is 0 Å². The Morgan fingerprint density at radius 3 is 2.72 bits per heavy atom. The molecule has 0 aliphatic carbocycles. The van der Waals surface area contributed by atoms with Crippen molar-refractivity contribution in [3.05, 3.63) is 16.5 Å². The SMILES string of the molecule is CN1CCC(CN(C)c2nc(Cl)ncc2Cl)CC1. The molecule has 0 saturated carbocycles. The van der Waals surface area contributed by atoms with Gasteiger partial charge in [0.25, 0.3) is 0 Å². The van der Waals surface area contributed by atoms with Gasteiger partial charge in [0.1, 0.15) is 5.02 Å². The molecule has 0 amide bonds. The Morgan fingerprint density at radius 1 is 1.39 bits per heavy atom. The molecule has 1 aliphatic rings. The number of hydrogen-bond acceptors (Lipinski definition) is 4. The van der Waals surface area contributed by atoms with E-state index in [-0.39, 0.29) is 5.28 Å². The average Bonchev–Trinajstić information content (AvgIpc) is 2.35. The minimum absolute atomic E-state index is 0.240. The maximum atomic E-state index is 6.10. The third-order valence-corrected chi connectivity index (χ3v) is 3.88. The van der Waals surface area contributed by atoms with Crippen molar-refractivity contribution in [3.63, 3.8) is 0 Å². The van der Waals surface area contributed by atoms with E-state index in [1.54, 1.807) is 6.20 Å². The van der Waals surface area contributed by atoms with Crippen LogP contribution in [0, 0.1) is 5.92 Å². The highest BCUT2D eigenvalue weighted by Crippen LogP contribution is 2.25. The number of rotatable bonds is 3. The topological polar surface area (TPSA) is 32.3 Å². The molecule has 1 aromatic heterocycles. The summed E-state index contributed by atoms with van der Waals surface area (Å²) in [6, 6.07) is 0. The van der Waals surface area contributed by atoms with Crippen LogP contribution in [0.1, 0.15) is 12.8 Å². The molecule has 6 heteroatoms. The highest BCUT2D eigenvalue weighted by atomic mass is 35.5. The lowest BCUT2D eigenvalue weighted by Crippen LogP contribution is -2.36. The second-order valence-electron chi connectivity index (χ2n) is 4.94.